The van der Waals surface area contributed by atoms with E-state index in [9.17, 15) is 4.79 Å². The molecule has 1 heterocycles. The van der Waals surface area contributed by atoms with E-state index in [1.807, 2.05) is 32.3 Å². The van der Waals surface area contributed by atoms with E-state index in [0.717, 1.165) is 0 Å². The lowest BCUT2D eigenvalue weighted by Crippen LogP contribution is -2.40. The highest BCUT2D eigenvalue weighted by Crippen LogP contribution is 2.21. The number of carbonyl (C=O) groups is 1. The van der Waals surface area contributed by atoms with Crippen molar-refractivity contribution in [2.24, 2.45) is 11.1 Å². The van der Waals surface area contributed by atoms with Gasteiger partial charge in [0.1, 0.15) is 5.69 Å². The van der Waals surface area contributed by atoms with Crippen LogP contribution in [0.15, 0.2) is 12.3 Å². The Hall–Kier alpha value is -1.00. The lowest BCUT2D eigenvalue weighted by atomic mass is 9.93. The van der Waals surface area contributed by atoms with E-state index in [1.54, 1.807) is 24.2 Å². The van der Waals surface area contributed by atoms with Crippen LogP contribution in [0.4, 0.5) is 0 Å². The minimum Gasteiger partial charge on any atom is -0.340 e. The van der Waals surface area contributed by atoms with Gasteiger partial charge in [-0.25, -0.2) is 0 Å². The number of amides is 1. The summed E-state index contributed by atoms with van der Waals surface area (Å²) in [5, 5.41) is 0.587. The van der Waals surface area contributed by atoms with Gasteiger partial charge in [0.2, 0.25) is 0 Å². The van der Waals surface area contributed by atoms with Crippen molar-refractivity contribution in [3.63, 3.8) is 0 Å². The van der Waals surface area contributed by atoms with E-state index in [2.05, 4.69) is 0 Å². The van der Waals surface area contributed by atoms with Crippen molar-refractivity contribution in [1.29, 1.82) is 0 Å². The Bertz CT molecular complexity index is 452. The molecule has 4 nitrogen and oxygen atoms in total. The van der Waals surface area contributed by atoms with Gasteiger partial charge in [0.25, 0.3) is 5.91 Å². The molecule has 0 fully saturated rings. The van der Waals surface area contributed by atoms with E-state index in [0.29, 0.717) is 23.8 Å². The highest BCUT2D eigenvalue weighted by atomic mass is 35.5. The smallest absolute Gasteiger partial charge is 0.270 e. The van der Waals surface area contributed by atoms with Crippen LogP contribution in [0.1, 0.15) is 44.2 Å². The third-order valence-corrected chi connectivity index (χ3v) is 3.36. The molecule has 1 rings (SSSR count). The second-order valence-corrected chi connectivity index (χ2v) is 6.51. The molecule has 0 aliphatic rings. The Balaban J connectivity index is 2.94. The van der Waals surface area contributed by atoms with Crippen molar-refractivity contribution in [3.05, 3.63) is 23.0 Å². The van der Waals surface area contributed by atoms with E-state index in [1.165, 1.54) is 0 Å². The molecule has 108 valence electrons. The van der Waals surface area contributed by atoms with Crippen molar-refractivity contribution in [2.75, 3.05) is 20.1 Å². The van der Waals surface area contributed by atoms with E-state index in [4.69, 9.17) is 17.3 Å². The monoisotopic (exact) mass is 285 g/mol. The van der Waals surface area contributed by atoms with Gasteiger partial charge < -0.3 is 15.2 Å². The van der Waals surface area contributed by atoms with Crippen LogP contribution in [0.25, 0.3) is 0 Å². The molecule has 5 heteroatoms. The summed E-state index contributed by atoms with van der Waals surface area (Å²) in [7, 11) is 1.80. The van der Waals surface area contributed by atoms with E-state index >= 15 is 0 Å². The van der Waals surface area contributed by atoms with Crippen LogP contribution < -0.4 is 5.73 Å². The van der Waals surface area contributed by atoms with Crippen molar-refractivity contribution in [1.82, 2.24) is 9.47 Å². The van der Waals surface area contributed by atoms with Gasteiger partial charge in [-0.05, 0) is 31.9 Å². The molecule has 0 aliphatic carbocycles. The summed E-state index contributed by atoms with van der Waals surface area (Å²) in [6.45, 7) is 9.30. The van der Waals surface area contributed by atoms with Gasteiger partial charge in [-0.15, -0.1) is 0 Å². The molecule has 0 aliphatic heterocycles. The molecule has 19 heavy (non-hydrogen) atoms. The maximum atomic E-state index is 12.5. The largest absolute Gasteiger partial charge is 0.340 e. The number of hydrogen-bond acceptors (Lipinski definition) is 2. The fourth-order valence-electron chi connectivity index (χ4n) is 2.02. The van der Waals surface area contributed by atoms with Gasteiger partial charge in [-0.2, -0.15) is 0 Å². The second-order valence-electron chi connectivity index (χ2n) is 6.07. The van der Waals surface area contributed by atoms with Crippen LogP contribution in [0.2, 0.25) is 5.02 Å². The lowest BCUT2D eigenvalue weighted by molar-refractivity contribution is 0.0728. The number of hydrogen-bond donors (Lipinski definition) is 1. The molecule has 1 aromatic heterocycles. The van der Waals surface area contributed by atoms with Gasteiger partial charge in [0.15, 0.2) is 0 Å². The SMILES string of the molecule is CC(C)n1cc(Cl)cc1C(=O)N(C)CC(C)(C)CN. The topological polar surface area (TPSA) is 51.3 Å². The van der Waals surface area contributed by atoms with Gasteiger partial charge in [-0.1, -0.05) is 25.4 Å². The van der Waals surface area contributed by atoms with Crippen molar-refractivity contribution in [3.8, 4) is 0 Å². The zero-order valence-corrected chi connectivity index (χ0v) is 13.2. The first kappa shape index (κ1) is 16.1. The quantitative estimate of drug-likeness (QED) is 0.904. The Labute approximate surface area is 120 Å². The predicted molar refractivity (Wildman–Crippen MR) is 79.6 cm³/mol. The van der Waals surface area contributed by atoms with Gasteiger partial charge in [-0.3, -0.25) is 4.79 Å². The molecule has 0 atom stereocenters. The first-order valence-electron chi connectivity index (χ1n) is 6.51. The summed E-state index contributed by atoms with van der Waals surface area (Å²) in [5.74, 6) is -0.0258. The number of carbonyl (C=O) groups excluding carboxylic acids is 1. The normalized spacial score (nSPS) is 12.0. The lowest BCUT2D eigenvalue weighted by Gasteiger charge is -2.29. The molecular weight excluding hydrogens is 262 g/mol. The van der Waals surface area contributed by atoms with Crippen molar-refractivity contribution >= 4 is 17.5 Å². The van der Waals surface area contributed by atoms with Gasteiger partial charge in [0, 0.05) is 25.8 Å². The molecule has 0 aromatic carbocycles. The Morgan fingerprint density at radius 3 is 2.58 bits per heavy atom. The Morgan fingerprint density at radius 1 is 1.53 bits per heavy atom. The minimum atomic E-state index is -0.0938. The van der Waals surface area contributed by atoms with Crippen LogP contribution in [0, 0.1) is 5.41 Å². The fraction of sp³-hybridized carbons (Fsp3) is 0.643. The fourth-order valence-corrected chi connectivity index (χ4v) is 2.23. The first-order valence-corrected chi connectivity index (χ1v) is 6.88. The maximum absolute atomic E-state index is 12.5. The molecule has 0 radical (unpaired) electrons. The third-order valence-electron chi connectivity index (χ3n) is 3.16. The summed E-state index contributed by atoms with van der Waals surface area (Å²) in [4.78, 5) is 14.2. The first-order chi connectivity index (χ1) is 8.68. The highest BCUT2D eigenvalue weighted by molar-refractivity contribution is 6.31. The van der Waals surface area contributed by atoms with E-state index < -0.39 is 0 Å². The average molecular weight is 286 g/mol. The van der Waals surface area contributed by atoms with Crippen LogP contribution >= 0.6 is 11.6 Å². The van der Waals surface area contributed by atoms with Crippen molar-refractivity contribution in [2.45, 2.75) is 33.7 Å². The number of halogens is 1. The molecule has 2 N–H and O–H groups in total. The molecule has 0 saturated carbocycles. The van der Waals surface area contributed by atoms with Crippen molar-refractivity contribution < 1.29 is 4.79 Å². The third kappa shape index (κ3) is 3.98. The summed E-state index contributed by atoms with van der Waals surface area (Å²) in [5.41, 5.74) is 6.24. The zero-order chi connectivity index (χ0) is 14.8. The molecular formula is C14H24ClN3O. The zero-order valence-electron chi connectivity index (χ0n) is 12.4. The average Bonchev–Trinajstić information content (AvgIpc) is 2.70. The van der Waals surface area contributed by atoms with Gasteiger partial charge in [0.05, 0.1) is 5.02 Å². The number of nitrogens with zero attached hydrogens (tertiary/aromatic N) is 2. The predicted octanol–water partition coefficient (Wildman–Crippen LogP) is 2.78. The minimum absolute atomic E-state index is 0.0258. The maximum Gasteiger partial charge on any atom is 0.270 e. The second kappa shape index (κ2) is 5.97. The number of nitrogens with two attached hydrogens (primary N) is 1. The Morgan fingerprint density at radius 2 is 2.11 bits per heavy atom. The molecule has 0 bridgehead atoms. The summed E-state index contributed by atoms with van der Waals surface area (Å²) in [6.07, 6.45) is 1.79. The van der Waals surface area contributed by atoms with Crippen LogP contribution in [0.5, 0.6) is 0 Å². The highest BCUT2D eigenvalue weighted by Gasteiger charge is 2.24. The summed E-state index contributed by atoms with van der Waals surface area (Å²) >= 11 is 6.01. The molecule has 1 amide bonds. The standard InChI is InChI=1S/C14H24ClN3O/c1-10(2)18-7-11(15)6-12(18)13(19)17(5)9-14(3,4)8-16/h6-7,10H,8-9,16H2,1-5H3. The van der Waals surface area contributed by atoms with Gasteiger partial charge >= 0.3 is 0 Å². The number of rotatable bonds is 5. The Kier molecular flexibility index (Phi) is 5.04. The summed E-state index contributed by atoms with van der Waals surface area (Å²) in [6, 6.07) is 1.91. The van der Waals surface area contributed by atoms with Crippen LogP contribution in [-0.4, -0.2) is 35.5 Å². The van der Waals surface area contributed by atoms with Crippen LogP contribution in [-0.2, 0) is 0 Å². The summed E-state index contributed by atoms with van der Waals surface area (Å²) < 4.78 is 1.90. The molecule has 0 saturated heterocycles. The molecule has 0 unspecified atom stereocenters. The molecule has 1 aromatic rings. The number of aromatic nitrogens is 1. The molecule has 0 spiro atoms. The van der Waals surface area contributed by atoms with E-state index in [-0.39, 0.29) is 17.4 Å². The van der Waals surface area contributed by atoms with Crippen LogP contribution in [0.3, 0.4) is 0 Å².